The number of rotatable bonds is 5. The Kier molecular flexibility index (Phi) is 6.06. The van der Waals surface area contributed by atoms with E-state index in [1.165, 1.54) is 0 Å². The molecule has 2 aromatic rings. The predicted octanol–water partition coefficient (Wildman–Crippen LogP) is 3.87. The molecule has 1 aromatic heterocycles. The molecule has 0 spiro atoms. The molecule has 0 atom stereocenters. The van der Waals surface area contributed by atoms with Crippen molar-refractivity contribution in [2.75, 3.05) is 25.0 Å². The summed E-state index contributed by atoms with van der Waals surface area (Å²) >= 11 is 0. The minimum Gasteiger partial charge on any atom is -0.462 e. The summed E-state index contributed by atoms with van der Waals surface area (Å²) in [4.78, 5) is 31.0. The normalized spacial score (nSPS) is 14.7. The number of anilines is 2. The third kappa shape index (κ3) is 4.64. The second kappa shape index (κ2) is 8.66. The average Bonchev–Trinajstić information content (AvgIpc) is 2.69. The van der Waals surface area contributed by atoms with Crippen molar-refractivity contribution in [2.24, 2.45) is 5.92 Å². The van der Waals surface area contributed by atoms with Crippen LogP contribution in [0.4, 0.5) is 11.4 Å². The fraction of sp³-hybridized carbons (Fsp3) is 0.381. The quantitative estimate of drug-likeness (QED) is 0.812. The lowest BCUT2D eigenvalue weighted by Crippen LogP contribution is -2.38. The molecule has 1 aliphatic rings. The molecule has 2 heterocycles. The second-order valence-electron chi connectivity index (χ2n) is 6.80. The van der Waals surface area contributed by atoms with Crippen molar-refractivity contribution in [3.05, 3.63) is 53.9 Å². The number of hydrogen-bond acceptors (Lipinski definition) is 5. The van der Waals surface area contributed by atoms with Crippen LogP contribution in [-0.4, -0.2) is 41.5 Å². The second-order valence-corrected chi connectivity index (χ2v) is 6.80. The van der Waals surface area contributed by atoms with Crippen molar-refractivity contribution in [2.45, 2.75) is 26.7 Å². The molecule has 6 heteroatoms. The number of nitrogens with one attached hydrogen (secondary N) is 1. The molecule has 0 radical (unpaired) electrons. The first-order valence-electron chi connectivity index (χ1n) is 9.37. The Morgan fingerprint density at radius 2 is 1.96 bits per heavy atom. The highest BCUT2D eigenvalue weighted by Gasteiger charge is 2.22. The summed E-state index contributed by atoms with van der Waals surface area (Å²) in [5.74, 6) is 0.229. The van der Waals surface area contributed by atoms with Gasteiger partial charge in [0.05, 0.1) is 17.9 Å². The van der Waals surface area contributed by atoms with E-state index in [-0.39, 0.29) is 11.9 Å². The molecule has 0 aliphatic carbocycles. The van der Waals surface area contributed by atoms with E-state index in [0.717, 1.165) is 25.9 Å². The summed E-state index contributed by atoms with van der Waals surface area (Å²) in [6, 6.07) is 10.6. The molecule has 1 amide bonds. The van der Waals surface area contributed by atoms with E-state index in [1.54, 1.807) is 43.5 Å². The van der Waals surface area contributed by atoms with Gasteiger partial charge in [-0.1, -0.05) is 19.1 Å². The Bertz CT molecular complexity index is 814. The van der Waals surface area contributed by atoms with Crippen LogP contribution in [0.3, 0.4) is 0 Å². The molecular weight excluding hydrogens is 342 g/mol. The van der Waals surface area contributed by atoms with E-state index >= 15 is 0 Å². The van der Waals surface area contributed by atoms with Gasteiger partial charge in [-0.05, 0) is 49.9 Å². The van der Waals surface area contributed by atoms with Gasteiger partial charge < -0.3 is 15.0 Å². The van der Waals surface area contributed by atoms with E-state index in [4.69, 9.17) is 4.74 Å². The van der Waals surface area contributed by atoms with Crippen molar-refractivity contribution in [3.63, 3.8) is 0 Å². The fourth-order valence-corrected chi connectivity index (χ4v) is 3.13. The minimum atomic E-state index is -0.381. The van der Waals surface area contributed by atoms with E-state index in [9.17, 15) is 9.59 Å². The SMILES string of the molecule is CCOC(=O)c1ccccc1Nc1ccnc(C(=O)N2CCC(C)CC2)c1. The zero-order valence-electron chi connectivity index (χ0n) is 15.8. The third-order valence-electron chi connectivity index (χ3n) is 4.75. The van der Waals surface area contributed by atoms with Crippen LogP contribution in [0.5, 0.6) is 0 Å². The zero-order chi connectivity index (χ0) is 19.2. The topological polar surface area (TPSA) is 71.5 Å². The lowest BCUT2D eigenvalue weighted by molar-refractivity contribution is 0.0527. The Morgan fingerprint density at radius 1 is 1.22 bits per heavy atom. The van der Waals surface area contributed by atoms with Crippen LogP contribution in [0.15, 0.2) is 42.6 Å². The average molecular weight is 367 g/mol. The lowest BCUT2D eigenvalue weighted by atomic mass is 9.99. The number of benzene rings is 1. The molecule has 1 fully saturated rings. The number of esters is 1. The highest BCUT2D eigenvalue weighted by molar-refractivity contribution is 5.97. The summed E-state index contributed by atoms with van der Waals surface area (Å²) < 4.78 is 5.10. The number of ether oxygens (including phenoxy) is 1. The van der Waals surface area contributed by atoms with Crippen LogP contribution in [0.2, 0.25) is 0 Å². The molecular formula is C21H25N3O3. The molecule has 27 heavy (non-hydrogen) atoms. The third-order valence-corrected chi connectivity index (χ3v) is 4.75. The Hall–Kier alpha value is -2.89. The van der Waals surface area contributed by atoms with Gasteiger partial charge in [0.25, 0.3) is 5.91 Å². The van der Waals surface area contributed by atoms with Crippen LogP contribution in [0.25, 0.3) is 0 Å². The van der Waals surface area contributed by atoms with Crippen molar-refractivity contribution < 1.29 is 14.3 Å². The van der Waals surface area contributed by atoms with E-state index in [1.807, 2.05) is 11.0 Å². The molecule has 1 saturated heterocycles. The number of piperidine rings is 1. The van der Waals surface area contributed by atoms with Gasteiger partial charge in [-0.2, -0.15) is 0 Å². The van der Waals surface area contributed by atoms with Gasteiger partial charge in [-0.15, -0.1) is 0 Å². The number of amides is 1. The van der Waals surface area contributed by atoms with Gasteiger partial charge in [0.2, 0.25) is 0 Å². The first kappa shape index (κ1) is 18.9. The minimum absolute atomic E-state index is 0.0516. The number of aromatic nitrogens is 1. The maximum absolute atomic E-state index is 12.7. The number of hydrogen-bond donors (Lipinski definition) is 1. The van der Waals surface area contributed by atoms with E-state index in [0.29, 0.717) is 35.2 Å². The first-order chi connectivity index (χ1) is 13.1. The molecule has 1 aromatic carbocycles. The Morgan fingerprint density at radius 3 is 2.70 bits per heavy atom. The van der Waals surface area contributed by atoms with Crippen molar-refractivity contribution >= 4 is 23.3 Å². The Balaban J connectivity index is 1.77. The fourth-order valence-electron chi connectivity index (χ4n) is 3.13. The van der Waals surface area contributed by atoms with Crippen LogP contribution < -0.4 is 5.32 Å². The van der Waals surface area contributed by atoms with Crippen LogP contribution >= 0.6 is 0 Å². The summed E-state index contributed by atoms with van der Waals surface area (Å²) in [6.07, 6.45) is 3.66. The van der Waals surface area contributed by atoms with Gasteiger partial charge in [0, 0.05) is 25.0 Å². The number of likely N-dealkylation sites (tertiary alicyclic amines) is 1. The maximum Gasteiger partial charge on any atom is 0.340 e. The van der Waals surface area contributed by atoms with Crippen molar-refractivity contribution in [1.29, 1.82) is 0 Å². The largest absolute Gasteiger partial charge is 0.462 e. The van der Waals surface area contributed by atoms with E-state index < -0.39 is 0 Å². The van der Waals surface area contributed by atoms with Crippen LogP contribution in [0.1, 0.15) is 47.5 Å². The van der Waals surface area contributed by atoms with Gasteiger partial charge in [0.15, 0.2) is 0 Å². The number of para-hydroxylation sites is 1. The molecule has 0 saturated carbocycles. The zero-order valence-corrected chi connectivity index (χ0v) is 15.8. The number of carbonyl (C=O) groups is 2. The maximum atomic E-state index is 12.7. The summed E-state index contributed by atoms with van der Waals surface area (Å²) in [5, 5.41) is 3.21. The van der Waals surface area contributed by atoms with Gasteiger partial charge in [0.1, 0.15) is 5.69 Å². The predicted molar refractivity (Wildman–Crippen MR) is 104 cm³/mol. The molecule has 6 nitrogen and oxygen atoms in total. The molecule has 0 bridgehead atoms. The molecule has 1 N–H and O–H groups in total. The molecule has 142 valence electrons. The number of carbonyl (C=O) groups excluding carboxylic acids is 2. The highest BCUT2D eigenvalue weighted by atomic mass is 16.5. The standard InChI is InChI=1S/C21H25N3O3/c1-3-27-21(26)17-6-4-5-7-18(17)23-16-8-11-22-19(14-16)20(25)24-12-9-15(2)10-13-24/h4-8,11,14-15H,3,9-10,12-13H2,1-2H3,(H,22,23). The number of nitrogens with zero attached hydrogens (tertiary/aromatic N) is 2. The van der Waals surface area contributed by atoms with E-state index in [2.05, 4.69) is 17.2 Å². The molecule has 1 aliphatic heterocycles. The van der Waals surface area contributed by atoms with Gasteiger partial charge in [-0.25, -0.2) is 4.79 Å². The lowest BCUT2D eigenvalue weighted by Gasteiger charge is -2.30. The van der Waals surface area contributed by atoms with Crippen molar-refractivity contribution in [1.82, 2.24) is 9.88 Å². The first-order valence-corrected chi connectivity index (χ1v) is 9.37. The molecule has 0 unspecified atom stereocenters. The van der Waals surface area contributed by atoms with Crippen LogP contribution in [-0.2, 0) is 4.74 Å². The summed E-state index contributed by atoms with van der Waals surface area (Å²) in [5.41, 5.74) is 2.19. The number of pyridine rings is 1. The summed E-state index contributed by atoms with van der Waals surface area (Å²) in [6.45, 7) is 5.84. The smallest absolute Gasteiger partial charge is 0.340 e. The Labute approximate surface area is 159 Å². The van der Waals surface area contributed by atoms with Gasteiger partial charge >= 0.3 is 5.97 Å². The highest BCUT2D eigenvalue weighted by Crippen LogP contribution is 2.23. The van der Waals surface area contributed by atoms with Crippen molar-refractivity contribution in [3.8, 4) is 0 Å². The monoisotopic (exact) mass is 367 g/mol. The summed E-state index contributed by atoms with van der Waals surface area (Å²) in [7, 11) is 0. The van der Waals surface area contributed by atoms with Gasteiger partial charge in [-0.3, -0.25) is 9.78 Å². The van der Waals surface area contributed by atoms with Crippen LogP contribution in [0, 0.1) is 5.92 Å². The molecule has 3 rings (SSSR count).